The predicted molar refractivity (Wildman–Crippen MR) is 54.1 cm³/mol. The van der Waals surface area contributed by atoms with E-state index in [4.69, 9.17) is 5.26 Å². The van der Waals surface area contributed by atoms with Crippen molar-refractivity contribution in [2.45, 2.75) is 6.42 Å². The summed E-state index contributed by atoms with van der Waals surface area (Å²) in [6.45, 7) is 0.424. The molecule has 0 spiro atoms. The van der Waals surface area contributed by atoms with Crippen molar-refractivity contribution < 1.29 is 9.53 Å². The zero-order chi connectivity index (χ0) is 11.1. The second-order valence-corrected chi connectivity index (χ2v) is 2.76. The van der Waals surface area contributed by atoms with Gasteiger partial charge in [-0.05, 0) is 12.1 Å². The highest BCUT2D eigenvalue weighted by molar-refractivity contribution is 5.70. The Bertz CT molecular complexity index is 384. The molecule has 1 heterocycles. The Morgan fingerprint density at radius 2 is 2.53 bits per heavy atom. The van der Waals surface area contributed by atoms with Crippen LogP contribution >= 0.6 is 0 Å². The number of ether oxygens (including phenoxy) is 1. The molecule has 1 aromatic rings. The Labute approximate surface area is 87.7 Å². The normalized spacial score (nSPS) is 9.07. The predicted octanol–water partition coefficient (Wildman–Crippen LogP) is 0.928. The molecule has 0 aliphatic carbocycles. The van der Waals surface area contributed by atoms with Gasteiger partial charge in [-0.15, -0.1) is 0 Å². The molecule has 0 fully saturated rings. The summed E-state index contributed by atoms with van der Waals surface area (Å²) in [6.07, 6.45) is 1.81. The van der Waals surface area contributed by atoms with Crippen LogP contribution in [-0.2, 0) is 9.53 Å². The van der Waals surface area contributed by atoms with Crippen molar-refractivity contribution in [1.29, 1.82) is 5.26 Å². The lowest BCUT2D eigenvalue weighted by atomic mass is 10.3. The number of nitrogens with zero attached hydrogens (tertiary/aromatic N) is 2. The van der Waals surface area contributed by atoms with Crippen LogP contribution in [0, 0.1) is 11.3 Å². The minimum absolute atomic E-state index is 0.260. The summed E-state index contributed by atoms with van der Waals surface area (Å²) < 4.78 is 4.49. The van der Waals surface area contributed by atoms with Gasteiger partial charge in [0.25, 0.3) is 0 Å². The van der Waals surface area contributed by atoms with Crippen LogP contribution in [0.3, 0.4) is 0 Å². The van der Waals surface area contributed by atoms with E-state index < -0.39 is 0 Å². The number of carbonyl (C=O) groups excluding carboxylic acids is 1. The van der Waals surface area contributed by atoms with Crippen molar-refractivity contribution in [3.8, 4) is 6.07 Å². The van der Waals surface area contributed by atoms with E-state index in [1.165, 1.54) is 7.11 Å². The third kappa shape index (κ3) is 3.27. The minimum Gasteiger partial charge on any atom is -0.469 e. The van der Waals surface area contributed by atoms with E-state index in [0.29, 0.717) is 17.9 Å². The summed E-state index contributed by atoms with van der Waals surface area (Å²) in [4.78, 5) is 14.7. The molecule has 0 amide bonds. The average molecular weight is 205 g/mol. The molecule has 0 aromatic carbocycles. The van der Waals surface area contributed by atoms with Gasteiger partial charge in [-0.25, -0.2) is 4.98 Å². The van der Waals surface area contributed by atoms with Crippen molar-refractivity contribution in [2.24, 2.45) is 0 Å². The molecule has 1 aromatic heterocycles. The van der Waals surface area contributed by atoms with Gasteiger partial charge in [0.2, 0.25) is 0 Å². The van der Waals surface area contributed by atoms with E-state index in [1.807, 2.05) is 6.07 Å². The Morgan fingerprint density at radius 1 is 1.73 bits per heavy atom. The molecular formula is C10H11N3O2. The fourth-order valence-electron chi connectivity index (χ4n) is 1.04. The van der Waals surface area contributed by atoms with Gasteiger partial charge in [-0.2, -0.15) is 5.26 Å². The summed E-state index contributed by atoms with van der Waals surface area (Å²) in [7, 11) is 1.34. The van der Waals surface area contributed by atoms with E-state index in [1.54, 1.807) is 18.3 Å². The molecule has 1 N–H and O–H groups in total. The average Bonchev–Trinajstić information content (AvgIpc) is 2.29. The molecule has 0 bridgehead atoms. The Kier molecular flexibility index (Phi) is 4.10. The monoisotopic (exact) mass is 205 g/mol. The molecule has 0 aliphatic heterocycles. The van der Waals surface area contributed by atoms with Gasteiger partial charge >= 0.3 is 5.97 Å². The molecule has 0 atom stereocenters. The summed E-state index contributed by atoms with van der Waals surface area (Å²) in [6, 6.07) is 5.42. The Balaban J connectivity index is 2.51. The van der Waals surface area contributed by atoms with Crippen molar-refractivity contribution in [1.82, 2.24) is 4.98 Å². The smallest absolute Gasteiger partial charge is 0.307 e. The van der Waals surface area contributed by atoms with Gasteiger partial charge in [-0.1, -0.05) is 0 Å². The zero-order valence-corrected chi connectivity index (χ0v) is 8.36. The maximum absolute atomic E-state index is 10.8. The van der Waals surface area contributed by atoms with Crippen LogP contribution in [0.15, 0.2) is 18.3 Å². The van der Waals surface area contributed by atoms with E-state index in [-0.39, 0.29) is 12.4 Å². The Morgan fingerprint density at radius 3 is 3.20 bits per heavy atom. The van der Waals surface area contributed by atoms with Crippen molar-refractivity contribution >= 4 is 11.7 Å². The number of pyridine rings is 1. The van der Waals surface area contributed by atoms with Crippen molar-refractivity contribution in [3.05, 3.63) is 24.0 Å². The summed E-state index contributed by atoms with van der Waals surface area (Å²) in [5.74, 6) is -0.287. The Hall–Kier alpha value is -2.09. The van der Waals surface area contributed by atoms with Crippen LogP contribution in [0.4, 0.5) is 5.69 Å². The van der Waals surface area contributed by atoms with E-state index >= 15 is 0 Å². The van der Waals surface area contributed by atoms with Crippen LogP contribution < -0.4 is 5.32 Å². The molecule has 1 rings (SSSR count). The molecule has 0 unspecified atom stereocenters. The lowest BCUT2D eigenvalue weighted by Gasteiger charge is -2.05. The number of hydrogen-bond acceptors (Lipinski definition) is 5. The second-order valence-electron chi connectivity index (χ2n) is 2.76. The third-order valence-electron chi connectivity index (χ3n) is 1.79. The fraction of sp³-hybridized carbons (Fsp3) is 0.300. The maximum Gasteiger partial charge on any atom is 0.307 e. The fourth-order valence-corrected chi connectivity index (χ4v) is 1.04. The zero-order valence-electron chi connectivity index (χ0n) is 8.36. The number of aromatic nitrogens is 1. The van der Waals surface area contributed by atoms with Crippen molar-refractivity contribution in [2.75, 3.05) is 19.0 Å². The topological polar surface area (TPSA) is 75.0 Å². The second kappa shape index (κ2) is 5.60. The third-order valence-corrected chi connectivity index (χ3v) is 1.79. The van der Waals surface area contributed by atoms with Gasteiger partial charge < -0.3 is 10.1 Å². The highest BCUT2D eigenvalue weighted by Crippen LogP contribution is 2.10. The number of hydrogen-bond donors (Lipinski definition) is 1. The van der Waals surface area contributed by atoms with Crippen molar-refractivity contribution in [3.63, 3.8) is 0 Å². The maximum atomic E-state index is 10.8. The highest BCUT2D eigenvalue weighted by atomic mass is 16.5. The largest absolute Gasteiger partial charge is 0.469 e. The molecule has 0 radical (unpaired) electrons. The number of carbonyl (C=O) groups is 1. The molecule has 0 saturated heterocycles. The SMILES string of the molecule is COC(=O)CCNc1cccnc1C#N. The summed E-state index contributed by atoms with van der Waals surface area (Å²) in [5, 5.41) is 11.7. The number of rotatable bonds is 4. The number of nitrogens with one attached hydrogen (secondary N) is 1. The summed E-state index contributed by atoms with van der Waals surface area (Å²) >= 11 is 0. The van der Waals surface area contributed by atoms with Gasteiger partial charge in [0, 0.05) is 12.7 Å². The highest BCUT2D eigenvalue weighted by Gasteiger charge is 2.03. The molecule has 5 heteroatoms. The minimum atomic E-state index is -0.287. The first kappa shape index (κ1) is 11.0. The number of anilines is 1. The molecule has 78 valence electrons. The first-order valence-corrected chi connectivity index (χ1v) is 4.43. The number of methoxy groups -OCH3 is 1. The lowest BCUT2D eigenvalue weighted by molar-refractivity contribution is -0.140. The first-order valence-electron chi connectivity index (χ1n) is 4.43. The quantitative estimate of drug-likeness (QED) is 0.740. The number of nitriles is 1. The lowest BCUT2D eigenvalue weighted by Crippen LogP contribution is -2.10. The van der Waals surface area contributed by atoms with E-state index in [9.17, 15) is 4.79 Å². The molecular weight excluding hydrogens is 194 g/mol. The number of esters is 1. The van der Waals surface area contributed by atoms with Gasteiger partial charge in [-0.3, -0.25) is 4.79 Å². The summed E-state index contributed by atoms with van der Waals surface area (Å²) in [5.41, 5.74) is 0.950. The molecule has 15 heavy (non-hydrogen) atoms. The van der Waals surface area contributed by atoms with Crippen LogP contribution in [0.2, 0.25) is 0 Å². The van der Waals surface area contributed by atoms with E-state index in [2.05, 4.69) is 15.0 Å². The van der Waals surface area contributed by atoms with Crippen LogP contribution in [0.5, 0.6) is 0 Å². The van der Waals surface area contributed by atoms with Crippen LogP contribution in [0.25, 0.3) is 0 Å². The van der Waals surface area contributed by atoms with Crippen LogP contribution in [-0.4, -0.2) is 24.6 Å². The van der Waals surface area contributed by atoms with Crippen LogP contribution in [0.1, 0.15) is 12.1 Å². The first-order chi connectivity index (χ1) is 7.27. The molecule has 5 nitrogen and oxygen atoms in total. The molecule has 0 aliphatic rings. The van der Waals surface area contributed by atoms with Gasteiger partial charge in [0.1, 0.15) is 6.07 Å². The molecule has 0 saturated carbocycles. The standard InChI is InChI=1S/C10H11N3O2/c1-15-10(14)4-6-13-8-3-2-5-12-9(8)7-11/h2-3,5,13H,4,6H2,1H3. The van der Waals surface area contributed by atoms with Gasteiger partial charge in [0.15, 0.2) is 5.69 Å². The van der Waals surface area contributed by atoms with E-state index in [0.717, 1.165) is 0 Å². The van der Waals surface area contributed by atoms with Gasteiger partial charge in [0.05, 0.1) is 19.2 Å².